The third-order valence-electron chi connectivity index (χ3n) is 7.91. The van der Waals surface area contributed by atoms with Gasteiger partial charge in [-0.1, -0.05) is 42.5 Å². The second-order valence-corrected chi connectivity index (χ2v) is 14.6. The second-order valence-electron chi connectivity index (χ2n) is 12.8. The summed E-state index contributed by atoms with van der Waals surface area (Å²) in [5.41, 5.74) is 1.14. The van der Waals surface area contributed by atoms with E-state index >= 15 is 0 Å². The number of carbonyl (C=O) groups excluding carboxylic acids is 2. The SMILES string of the molecule is CCOc1ccc(N(CC(=O)N(Cc2cccc(OC)c2)[C@H](Cc2ccccc2)C(=O)NC(C)(C)C)S(=O)(=O)c2ccc(OC)c(OC)c2)cc1. The standard InChI is InChI=1S/C39H47N3O8S/c1-8-50-31-19-17-30(18-20-31)42(51(45,46)33-21-22-35(48-6)36(25-33)49-7)27-37(43)41(26-29-15-12-16-32(23-29)47-5)34(38(44)40-39(2,3)4)24-28-13-10-9-11-14-28/h9-23,25,34H,8,24,26-27H2,1-7H3,(H,40,44)/t34-/m1/s1. The van der Waals surface area contributed by atoms with E-state index in [0.29, 0.717) is 29.4 Å². The van der Waals surface area contributed by atoms with Crippen LogP contribution in [0, 0.1) is 0 Å². The molecule has 272 valence electrons. The Kier molecular flexibility index (Phi) is 13.0. The van der Waals surface area contributed by atoms with Crippen molar-refractivity contribution >= 4 is 27.5 Å². The Morgan fingerprint density at radius 3 is 2.04 bits per heavy atom. The van der Waals surface area contributed by atoms with Gasteiger partial charge in [-0.05, 0) is 87.4 Å². The van der Waals surface area contributed by atoms with Crippen LogP contribution in [0.15, 0.2) is 102 Å². The summed E-state index contributed by atoms with van der Waals surface area (Å²) in [5.74, 6) is 0.693. The number of hydrogen-bond donors (Lipinski definition) is 1. The molecule has 1 atom stereocenters. The number of amides is 2. The highest BCUT2D eigenvalue weighted by molar-refractivity contribution is 7.92. The van der Waals surface area contributed by atoms with Crippen molar-refractivity contribution in [3.8, 4) is 23.0 Å². The van der Waals surface area contributed by atoms with Crippen LogP contribution in [0.3, 0.4) is 0 Å². The molecule has 4 rings (SSSR count). The Bertz CT molecular complexity index is 1880. The highest BCUT2D eigenvalue weighted by Gasteiger charge is 2.36. The van der Waals surface area contributed by atoms with Crippen molar-refractivity contribution in [1.29, 1.82) is 0 Å². The smallest absolute Gasteiger partial charge is 0.264 e. The first-order valence-corrected chi connectivity index (χ1v) is 18.0. The summed E-state index contributed by atoms with van der Waals surface area (Å²) in [6.45, 7) is 7.23. The quantitative estimate of drug-likeness (QED) is 0.153. The van der Waals surface area contributed by atoms with Crippen LogP contribution in [-0.2, 0) is 32.6 Å². The zero-order valence-electron chi connectivity index (χ0n) is 30.2. The molecule has 0 radical (unpaired) electrons. The Hall–Kier alpha value is -5.23. The van der Waals surface area contributed by atoms with Crippen LogP contribution in [-0.4, -0.2) is 71.2 Å². The largest absolute Gasteiger partial charge is 0.497 e. The Balaban J connectivity index is 1.86. The highest BCUT2D eigenvalue weighted by Crippen LogP contribution is 2.33. The van der Waals surface area contributed by atoms with Gasteiger partial charge in [0.05, 0.1) is 38.5 Å². The van der Waals surface area contributed by atoms with Crippen LogP contribution in [0.25, 0.3) is 0 Å². The molecule has 0 saturated heterocycles. The molecule has 4 aromatic rings. The number of sulfonamides is 1. The van der Waals surface area contributed by atoms with Crippen molar-refractivity contribution in [2.45, 2.75) is 57.1 Å². The predicted molar refractivity (Wildman–Crippen MR) is 197 cm³/mol. The van der Waals surface area contributed by atoms with Gasteiger partial charge in [-0.15, -0.1) is 0 Å². The molecule has 0 aliphatic carbocycles. The summed E-state index contributed by atoms with van der Waals surface area (Å²) in [5, 5.41) is 3.04. The first-order chi connectivity index (χ1) is 24.3. The zero-order valence-corrected chi connectivity index (χ0v) is 31.0. The van der Waals surface area contributed by atoms with Gasteiger partial charge in [0.25, 0.3) is 10.0 Å². The fraction of sp³-hybridized carbons (Fsp3) is 0.333. The molecule has 0 aliphatic rings. The fourth-order valence-corrected chi connectivity index (χ4v) is 6.91. The molecule has 11 nitrogen and oxygen atoms in total. The lowest BCUT2D eigenvalue weighted by Gasteiger charge is -2.35. The third kappa shape index (κ3) is 10.2. The number of nitrogens with one attached hydrogen (secondary N) is 1. The van der Waals surface area contributed by atoms with Crippen LogP contribution in [0.1, 0.15) is 38.8 Å². The number of hydrogen-bond acceptors (Lipinski definition) is 8. The van der Waals surface area contributed by atoms with Crippen LogP contribution in [0.5, 0.6) is 23.0 Å². The molecule has 0 aromatic heterocycles. The minimum Gasteiger partial charge on any atom is -0.497 e. The van der Waals surface area contributed by atoms with Gasteiger partial charge >= 0.3 is 0 Å². The van der Waals surface area contributed by atoms with Gasteiger partial charge in [0, 0.05) is 24.6 Å². The lowest BCUT2D eigenvalue weighted by atomic mass is 10.0. The molecule has 0 aliphatic heterocycles. The fourth-order valence-electron chi connectivity index (χ4n) is 5.48. The Morgan fingerprint density at radius 2 is 1.43 bits per heavy atom. The van der Waals surface area contributed by atoms with E-state index in [1.165, 1.54) is 37.3 Å². The van der Waals surface area contributed by atoms with E-state index in [1.54, 1.807) is 49.6 Å². The maximum atomic E-state index is 14.8. The molecule has 0 unspecified atom stereocenters. The summed E-state index contributed by atoms with van der Waals surface area (Å²) in [4.78, 5) is 30.2. The van der Waals surface area contributed by atoms with Gasteiger partial charge in [0.2, 0.25) is 11.8 Å². The minimum absolute atomic E-state index is 0.00137. The number of carbonyl (C=O) groups is 2. The molecule has 0 saturated carbocycles. The lowest BCUT2D eigenvalue weighted by Crippen LogP contribution is -2.56. The van der Waals surface area contributed by atoms with E-state index in [4.69, 9.17) is 18.9 Å². The van der Waals surface area contributed by atoms with Crippen LogP contribution in [0.4, 0.5) is 5.69 Å². The van der Waals surface area contributed by atoms with E-state index in [1.807, 2.05) is 64.1 Å². The number of ether oxygens (including phenoxy) is 4. The number of benzene rings is 4. The Labute approximate surface area is 301 Å². The molecule has 0 bridgehead atoms. The molecule has 51 heavy (non-hydrogen) atoms. The molecule has 12 heteroatoms. The normalized spacial score (nSPS) is 12.0. The summed E-state index contributed by atoms with van der Waals surface area (Å²) in [7, 11) is 0.0173. The van der Waals surface area contributed by atoms with Crippen LogP contribution < -0.4 is 28.6 Å². The minimum atomic E-state index is -4.39. The van der Waals surface area contributed by atoms with Gasteiger partial charge < -0.3 is 29.2 Å². The second kappa shape index (κ2) is 17.1. The number of methoxy groups -OCH3 is 3. The molecular formula is C39H47N3O8S. The summed E-state index contributed by atoms with van der Waals surface area (Å²) in [6.07, 6.45) is 0.184. The highest BCUT2D eigenvalue weighted by atomic mass is 32.2. The predicted octanol–water partition coefficient (Wildman–Crippen LogP) is 5.86. The first kappa shape index (κ1) is 38.6. The topological polar surface area (TPSA) is 124 Å². The summed E-state index contributed by atoms with van der Waals surface area (Å²) in [6, 6.07) is 26.3. The third-order valence-corrected chi connectivity index (χ3v) is 9.68. The van der Waals surface area contributed by atoms with Crippen molar-refractivity contribution in [3.63, 3.8) is 0 Å². The summed E-state index contributed by atoms with van der Waals surface area (Å²) >= 11 is 0. The molecular weight excluding hydrogens is 671 g/mol. The van der Waals surface area contributed by atoms with Crippen molar-refractivity contribution in [3.05, 3.63) is 108 Å². The maximum absolute atomic E-state index is 14.8. The van der Waals surface area contributed by atoms with Crippen molar-refractivity contribution < 1.29 is 37.0 Å². The lowest BCUT2D eigenvalue weighted by molar-refractivity contribution is -0.140. The van der Waals surface area contributed by atoms with Crippen LogP contribution >= 0.6 is 0 Å². The molecule has 1 N–H and O–H groups in total. The van der Waals surface area contributed by atoms with Gasteiger partial charge in [-0.2, -0.15) is 0 Å². The molecule has 0 fully saturated rings. The van der Waals surface area contributed by atoms with E-state index in [2.05, 4.69) is 5.32 Å². The monoisotopic (exact) mass is 717 g/mol. The Morgan fingerprint density at radius 1 is 0.765 bits per heavy atom. The molecule has 0 heterocycles. The first-order valence-electron chi connectivity index (χ1n) is 16.6. The number of anilines is 1. The van der Waals surface area contributed by atoms with E-state index < -0.39 is 34.1 Å². The molecule has 2 amide bonds. The average molecular weight is 718 g/mol. The van der Waals surface area contributed by atoms with Crippen molar-refractivity contribution in [1.82, 2.24) is 10.2 Å². The van der Waals surface area contributed by atoms with E-state index in [-0.39, 0.29) is 35.2 Å². The zero-order chi connectivity index (χ0) is 37.2. The van der Waals surface area contributed by atoms with Crippen molar-refractivity contribution in [2.75, 3.05) is 38.8 Å². The van der Waals surface area contributed by atoms with Gasteiger partial charge in [0.1, 0.15) is 24.1 Å². The van der Waals surface area contributed by atoms with Crippen LogP contribution in [0.2, 0.25) is 0 Å². The van der Waals surface area contributed by atoms with Gasteiger partial charge in [0.15, 0.2) is 11.5 Å². The van der Waals surface area contributed by atoms with E-state index in [0.717, 1.165) is 9.87 Å². The summed E-state index contributed by atoms with van der Waals surface area (Å²) < 4.78 is 51.9. The average Bonchev–Trinajstić information content (AvgIpc) is 3.11. The maximum Gasteiger partial charge on any atom is 0.264 e. The number of nitrogens with zero attached hydrogens (tertiary/aromatic N) is 2. The number of rotatable bonds is 16. The molecule has 4 aromatic carbocycles. The molecule has 0 spiro atoms. The van der Waals surface area contributed by atoms with Crippen molar-refractivity contribution in [2.24, 2.45) is 0 Å². The van der Waals surface area contributed by atoms with Gasteiger partial charge in [-0.25, -0.2) is 8.42 Å². The van der Waals surface area contributed by atoms with Gasteiger partial charge in [-0.3, -0.25) is 13.9 Å². The van der Waals surface area contributed by atoms with E-state index in [9.17, 15) is 18.0 Å².